The first kappa shape index (κ1) is 13.8. The van der Waals surface area contributed by atoms with Gasteiger partial charge < -0.3 is 0 Å². The van der Waals surface area contributed by atoms with Crippen LogP contribution >= 0.6 is 0 Å². The minimum Gasteiger partial charge on any atom is -0.166 e. The summed E-state index contributed by atoms with van der Waals surface area (Å²) in [5.41, 5.74) is 1.34. The first-order chi connectivity index (χ1) is 9.50. The molecule has 108 valence electrons. The first-order valence-electron chi connectivity index (χ1n) is 8.13. The van der Waals surface area contributed by atoms with Gasteiger partial charge in [0.2, 0.25) is 6.21 Å². The lowest BCUT2D eigenvalue weighted by atomic mass is 9.67. The van der Waals surface area contributed by atoms with Gasteiger partial charge in [-0.2, -0.15) is 4.58 Å². The van der Waals surface area contributed by atoms with E-state index >= 15 is 0 Å². The molecule has 20 heavy (non-hydrogen) atoms. The number of fused-ring (bicyclic) bond motifs is 1. The average molecular weight is 272 g/mol. The molecule has 1 fully saturated rings. The Morgan fingerprint density at radius 2 is 1.70 bits per heavy atom. The Bertz CT molecular complexity index is 534. The molecule has 0 saturated heterocycles. The molecule has 3 unspecified atom stereocenters. The zero-order valence-corrected chi connectivity index (χ0v) is 13.5. The van der Waals surface area contributed by atoms with Gasteiger partial charge >= 0.3 is 6.17 Å². The van der Waals surface area contributed by atoms with Gasteiger partial charge in [-0.05, 0) is 24.3 Å². The molecule has 2 nitrogen and oxygen atoms in total. The summed E-state index contributed by atoms with van der Waals surface area (Å²) < 4.78 is 5.01. The van der Waals surface area contributed by atoms with Crippen molar-refractivity contribution in [1.29, 1.82) is 0 Å². The van der Waals surface area contributed by atoms with E-state index in [9.17, 15) is 0 Å². The third-order valence-electron chi connectivity index (χ3n) is 5.97. The van der Waals surface area contributed by atoms with Gasteiger partial charge in [0.05, 0.1) is 6.92 Å². The van der Waals surface area contributed by atoms with Gasteiger partial charge in [-0.3, -0.25) is 0 Å². The number of hydrogen-bond donors (Lipinski definition) is 0. The summed E-state index contributed by atoms with van der Waals surface area (Å²) in [6, 6.07) is 7.16. The molecular weight excluding hydrogens is 244 g/mol. The molecular formula is C18H28N2+2. The Hall–Kier alpha value is -1.18. The van der Waals surface area contributed by atoms with Gasteiger partial charge in [-0.15, -0.1) is 4.57 Å². The van der Waals surface area contributed by atoms with E-state index in [4.69, 9.17) is 0 Å². The zero-order valence-electron chi connectivity index (χ0n) is 13.5. The quantitative estimate of drug-likeness (QED) is 0.693. The van der Waals surface area contributed by atoms with Crippen molar-refractivity contribution in [2.45, 2.75) is 53.2 Å². The molecule has 1 aromatic rings. The van der Waals surface area contributed by atoms with Crippen molar-refractivity contribution in [3.8, 4) is 0 Å². The molecule has 1 saturated carbocycles. The van der Waals surface area contributed by atoms with Gasteiger partial charge in [-0.25, -0.2) is 0 Å². The lowest BCUT2D eigenvalue weighted by molar-refractivity contribution is -0.872. The third-order valence-corrected chi connectivity index (χ3v) is 5.97. The number of nitrogens with zero attached hydrogens (tertiary/aromatic N) is 2. The SMILES string of the molecule is CC1C[C@@H](C)C([N+]2=Cc3cccc[n+]3C2C)[C@H](C)[C@@H]1C. The van der Waals surface area contributed by atoms with Gasteiger partial charge in [0.1, 0.15) is 0 Å². The summed E-state index contributed by atoms with van der Waals surface area (Å²) in [6.07, 6.45) is 6.39. The van der Waals surface area contributed by atoms with Crippen LogP contribution in [0.4, 0.5) is 0 Å². The van der Waals surface area contributed by atoms with E-state index in [-0.39, 0.29) is 0 Å². The monoisotopic (exact) mass is 272 g/mol. The highest BCUT2D eigenvalue weighted by atomic mass is 15.3. The predicted molar refractivity (Wildman–Crippen MR) is 81.8 cm³/mol. The van der Waals surface area contributed by atoms with Gasteiger partial charge in [0, 0.05) is 24.0 Å². The Balaban J connectivity index is 1.94. The molecule has 6 atom stereocenters. The Labute approximate surface area is 123 Å². The van der Waals surface area contributed by atoms with Crippen LogP contribution in [0.2, 0.25) is 0 Å². The highest BCUT2D eigenvalue weighted by Crippen LogP contribution is 2.40. The maximum atomic E-state index is 2.62. The normalized spacial score (nSPS) is 40.4. The van der Waals surface area contributed by atoms with Gasteiger partial charge in [0.15, 0.2) is 12.2 Å². The number of rotatable bonds is 1. The summed E-state index contributed by atoms with van der Waals surface area (Å²) in [5.74, 6) is 3.18. The molecule has 0 amide bonds. The smallest absolute Gasteiger partial charge is 0.166 e. The topological polar surface area (TPSA) is 6.89 Å². The third kappa shape index (κ3) is 2.01. The van der Waals surface area contributed by atoms with E-state index in [2.05, 4.69) is 74.4 Å². The maximum Gasteiger partial charge on any atom is 0.345 e. The molecule has 0 aromatic carbocycles. The minimum atomic E-state index is 0.446. The second-order valence-corrected chi connectivity index (χ2v) is 7.14. The van der Waals surface area contributed by atoms with E-state index in [0.717, 1.165) is 23.7 Å². The molecule has 1 aliphatic heterocycles. The molecule has 2 heterocycles. The van der Waals surface area contributed by atoms with Crippen molar-refractivity contribution in [1.82, 2.24) is 0 Å². The first-order valence-corrected chi connectivity index (χ1v) is 8.13. The summed E-state index contributed by atoms with van der Waals surface area (Å²) in [4.78, 5) is 0. The number of pyridine rings is 1. The van der Waals surface area contributed by atoms with Crippen LogP contribution in [0.5, 0.6) is 0 Å². The molecule has 0 bridgehead atoms. The second kappa shape index (κ2) is 4.98. The summed E-state index contributed by atoms with van der Waals surface area (Å²) in [7, 11) is 0. The molecule has 1 aromatic heterocycles. The van der Waals surface area contributed by atoms with Gasteiger partial charge in [0.25, 0.3) is 5.69 Å². The van der Waals surface area contributed by atoms with Crippen molar-refractivity contribution in [2.24, 2.45) is 23.7 Å². The van der Waals surface area contributed by atoms with E-state index in [1.54, 1.807) is 0 Å². The van der Waals surface area contributed by atoms with E-state index in [1.165, 1.54) is 12.1 Å². The highest BCUT2D eigenvalue weighted by Gasteiger charge is 2.48. The largest absolute Gasteiger partial charge is 0.345 e. The minimum absolute atomic E-state index is 0.446. The Morgan fingerprint density at radius 3 is 2.40 bits per heavy atom. The van der Waals surface area contributed by atoms with Crippen LogP contribution < -0.4 is 4.57 Å². The van der Waals surface area contributed by atoms with Crippen LogP contribution in [0.3, 0.4) is 0 Å². The van der Waals surface area contributed by atoms with Crippen molar-refractivity contribution in [2.75, 3.05) is 0 Å². The van der Waals surface area contributed by atoms with Crippen LogP contribution in [0.25, 0.3) is 0 Å². The number of aromatic nitrogens is 1. The summed E-state index contributed by atoms with van der Waals surface area (Å²) in [5, 5.41) is 0. The zero-order chi connectivity index (χ0) is 14.4. The van der Waals surface area contributed by atoms with Crippen molar-refractivity contribution in [3.05, 3.63) is 30.1 Å². The fourth-order valence-electron chi connectivity index (χ4n) is 4.51. The van der Waals surface area contributed by atoms with E-state index in [1.807, 2.05) is 0 Å². The number of hydrogen-bond acceptors (Lipinski definition) is 0. The van der Waals surface area contributed by atoms with Crippen LogP contribution in [-0.2, 0) is 0 Å². The Morgan fingerprint density at radius 1 is 0.950 bits per heavy atom. The molecule has 2 heteroatoms. The Kier molecular flexibility index (Phi) is 3.43. The lowest BCUT2D eigenvalue weighted by Gasteiger charge is -2.39. The predicted octanol–water partition coefficient (Wildman–Crippen LogP) is 3.25. The lowest BCUT2D eigenvalue weighted by Crippen LogP contribution is -2.50. The van der Waals surface area contributed by atoms with E-state index < -0.39 is 0 Å². The van der Waals surface area contributed by atoms with Crippen LogP contribution in [-0.4, -0.2) is 16.8 Å². The van der Waals surface area contributed by atoms with Crippen LogP contribution in [0.1, 0.15) is 52.9 Å². The highest BCUT2D eigenvalue weighted by molar-refractivity contribution is 5.71. The molecule has 3 rings (SSSR count). The van der Waals surface area contributed by atoms with E-state index in [0.29, 0.717) is 12.2 Å². The fraction of sp³-hybridized carbons (Fsp3) is 0.667. The van der Waals surface area contributed by atoms with Gasteiger partial charge in [-0.1, -0.05) is 27.7 Å². The fourth-order valence-corrected chi connectivity index (χ4v) is 4.51. The maximum absolute atomic E-state index is 2.62. The van der Waals surface area contributed by atoms with Crippen molar-refractivity contribution < 1.29 is 9.14 Å². The average Bonchev–Trinajstić information content (AvgIpc) is 2.74. The van der Waals surface area contributed by atoms with Crippen LogP contribution in [0.15, 0.2) is 24.4 Å². The second-order valence-electron chi connectivity index (χ2n) is 7.14. The van der Waals surface area contributed by atoms with Crippen molar-refractivity contribution >= 4 is 6.21 Å². The molecule has 0 N–H and O–H groups in total. The summed E-state index contributed by atoms with van der Waals surface area (Å²) in [6.45, 7) is 12.1. The van der Waals surface area contributed by atoms with Crippen molar-refractivity contribution in [3.63, 3.8) is 0 Å². The summed E-state index contributed by atoms with van der Waals surface area (Å²) >= 11 is 0. The molecule has 1 aliphatic carbocycles. The molecule has 0 radical (unpaired) electrons. The molecule has 0 spiro atoms. The molecule has 2 aliphatic rings. The standard InChI is InChI=1S/C18H28N2/c1-12-10-13(2)18(15(4)14(12)3)20-11-17-8-6-7-9-19(17)16(20)5/h6-9,11-16,18H,10H2,1-5H3/q+2/t12?,13-,14-,15-,16?,18?/m1/s1. The van der Waals surface area contributed by atoms with Crippen LogP contribution in [0, 0.1) is 23.7 Å².